The molecule has 0 aromatic heterocycles. The van der Waals surface area contributed by atoms with Crippen LogP contribution in [0.2, 0.25) is 0 Å². The summed E-state index contributed by atoms with van der Waals surface area (Å²) in [5.41, 5.74) is 2.71. The minimum Gasteiger partial charge on any atom is -0.302 e. The maximum Gasteiger partial charge on any atom is 0.133 e. The third-order valence-corrected chi connectivity index (χ3v) is 2.81. The Labute approximate surface area is 98.3 Å². The molecule has 2 nitrogen and oxygen atoms in total. The van der Waals surface area contributed by atoms with E-state index in [2.05, 4.69) is 38.1 Å². The first-order valence-corrected chi connectivity index (χ1v) is 5.84. The van der Waals surface area contributed by atoms with Gasteiger partial charge < -0.3 is 4.79 Å². The molecule has 0 N–H and O–H groups in total. The molecular formula is C14H21NO. The fourth-order valence-electron chi connectivity index (χ4n) is 1.61. The summed E-state index contributed by atoms with van der Waals surface area (Å²) < 4.78 is 0. The summed E-state index contributed by atoms with van der Waals surface area (Å²) in [6.45, 7) is 5.85. The second-order valence-corrected chi connectivity index (χ2v) is 4.58. The second-order valence-electron chi connectivity index (χ2n) is 4.58. The Kier molecular flexibility index (Phi) is 5.20. The van der Waals surface area contributed by atoms with Crippen molar-refractivity contribution in [2.24, 2.45) is 0 Å². The molecule has 0 amide bonds. The first-order chi connectivity index (χ1) is 7.63. The Morgan fingerprint density at radius 2 is 1.88 bits per heavy atom. The largest absolute Gasteiger partial charge is 0.302 e. The van der Waals surface area contributed by atoms with Crippen molar-refractivity contribution in [3.05, 3.63) is 35.4 Å². The standard InChI is InChI=1S/C14H21NO/c1-12(2)14-6-4-13(5-7-14)8-9-15(3)10-11-16/h4-7,11-12H,8-10H2,1-3H3. The number of benzene rings is 1. The van der Waals surface area contributed by atoms with Crippen LogP contribution in [0.1, 0.15) is 30.9 Å². The van der Waals surface area contributed by atoms with Gasteiger partial charge in [-0.15, -0.1) is 0 Å². The molecule has 2 heteroatoms. The van der Waals surface area contributed by atoms with E-state index in [0.29, 0.717) is 12.5 Å². The molecule has 0 bridgehead atoms. The summed E-state index contributed by atoms with van der Waals surface area (Å²) in [7, 11) is 1.97. The third-order valence-electron chi connectivity index (χ3n) is 2.81. The number of carbonyl (C=O) groups is 1. The van der Waals surface area contributed by atoms with Crippen molar-refractivity contribution in [2.45, 2.75) is 26.2 Å². The van der Waals surface area contributed by atoms with Gasteiger partial charge in [-0.1, -0.05) is 38.1 Å². The summed E-state index contributed by atoms with van der Waals surface area (Å²) >= 11 is 0. The predicted molar refractivity (Wildman–Crippen MR) is 67.8 cm³/mol. The minimum absolute atomic E-state index is 0.518. The molecule has 0 atom stereocenters. The van der Waals surface area contributed by atoms with E-state index in [1.165, 1.54) is 11.1 Å². The molecule has 0 fully saturated rings. The van der Waals surface area contributed by atoms with Gasteiger partial charge in [0.15, 0.2) is 0 Å². The van der Waals surface area contributed by atoms with Crippen LogP contribution in [0.4, 0.5) is 0 Å². The predicted octanol–water partition coefficient (Wildman–Crippen LogP) is 2.48. The number of hydrogen-bond acceptors (Lipinski definition) is 2. The van der Waals surface area contributed by atoms with E-state index in [4.69, 9.17) is 0 Å². The van der Waals surface area contributed by atoms with Crippen LogP contribution >= 0.6 is 0 Å². The van der Waals surface area contributed by atoms with E-state index in [0.717, 1.165) is 19.3 Å². The van der Waals surface area contributed by atoms with Crippen molar-refractivity contribution in [2.75, 3.05) is 20.1 Å². The lowest BCUT2D eigenvalue weighted by Gasteiger charge is -2.13. The third kappa shape index (κ3) is 4.15. The van der Waals surface area contributed by atoms with Crippen LogP contribution < -0.4 is 0 Å². The first-order valence-electron chi connectivity index (χ1n) is 5.84. The number of rotatable bonds is 6. The highest BCUT2D eigenvalue weighted by Gasteiger charge is 2.00. The molecule has 0 aliphatic rings. The summed E-state index contributed by atoms with van der Waals surface area (Å²) in [6.07, 6.45) is 1.95. The SMILES string of the molecule is CC(C)c1ccc(CCN(C)CC=O)cc1. The van der Waals surface area contributed by atoms with Gasteiger partial charge in [0.05, 0.1) is 6.54 Å². The summed E-state index contributed by atoms with van der Waals surface area (Å²) in [6, 6.07) is 8.76. The Balaban J connectivity index is 2.46. The quantitative estimate of drug-likeness (QED) is 0.685. The van der Waals surface area contributed by atoms with Gasteiger partial charge in [-0.2, -0.15) is 0 Å². The van der Waals surface area contributed by atoms with Crippen molar-refractivity contribution in [3.63, 3.8) is 0 Å². The van der Waals surface area contributed by atoms with Crippen LogP contribution in [0, 0.1) is 0 Å². The van der Waals surface area contributed by atoms with Gasteiger partial charge in [-0.3, -0.25) is 4.90 Å². The molecule has 1 aromatic rings. The molecule has 0 aliphatic carbocycles. The fourth-order valence-corrected chi connectivity index (χ4v) is 1.61. The van der Waals surface area contributed by atoms with Gasteiger partial charge in [0.2, 0.25) is 0 Å². The summed E-state index contributed by atoms with van der Waals surface area (Å²) in [5.74, 6) is 0.590. The number of likely N-dealkylation sites (N-methyl/N-ethyl adjacent to an activating group) is 1. The number of nitrogens with zero attached hydrogens (tertiary/aromatic N) is 1. The second kappa shape index (κ2) is 6.44. The highest BCUT2D eigenvalue weighted by atomic mass is 16.1. The van der Waals surface area contributed by atoms with E-state index in [-0.39, 0.29) is 0 Å². The van der Waals surface area contributed by atoms with Crippen LogP contribution in [0.15, 0.2) is 24.3 Å². The Morgan fingerprint density at radius 1 is 1.25 bits per heavy atom. The minimum atomic E-state index is 0.518. The Hall–Kier alpha value is -1.15. The Bertz CT molecular complexity index is 316. The fraction of sp³-hybridized carbons (Fsp3) is 0.500. The molecule has 0 radical (unpaired) electrons. The van der Waals surface area contributed by atoms with Crippen molar-refractivity contribution >= 4 is 6.29 Å². The maximum atomic E-state index is 10.3. The summed E-state index contributed by atoms with van der Waals surface area (Å²) in [4.78, 5) is 12.3. The van der Waals surface area contributed by atoms with Crippen molar-refractivity contribution in [1.82, 2.24) is 4.90 Å². The molecule has 88 valence electrons. The molecule has 16 heavy (non-hydrogen) atoms. The molecule has 0 heterocycles. The van der Waals surface area contributed by atoms with Gasteiger partial charge in [-0.25, -0.2) is 0 Å². The molecular weight excluding hydrogens is 198 g/mol. The average Bonchev–Trinajstić information content (AvgIpc) is 2.27. The average molecular weight is 219 g/mol. The summed E-state index contributed by atoms with van der Waals surface area (Å²) in [5, 5.41) is 0. The zero-order valence-corrected chi connectivity index (χ0v) is 10.4. The number of hydrogen-bond donors (Lipinski definition) is 0. The smallest absolute Gasteiger partial charge is 0.133 e. The monoisotopic (exact) mass is 219 g/mol. The van der Waals surface area contributed by atoms with E-state index in [1.807, 2.05) is 11.9 Å². The Morgan fingerprint density at radius 3 is 2.38 bits per heavy atom. The highest BCUT2D eigenvalue weighted by molar-refractivity contribution is 5.51. The first kappa shape index (κ1) is 12.9. The van der Waals surface area contributed by atoms with E-state index in [9.17, 15) is 4.79 Å². The van der Waals surface area contributed by atoms with Crippen molar-refractivity contribution < 1.29 is 4.79 Å². The molecule has 0 spiro atoms. The lowest BCUT2D eigenvalue weighted by Crippen LogP contribution is -2.23. The van der Waals surface area contributed by atoms with Crippen LogP contribution in [-0.4, -0.2) is 31.3 Å². The van der Waals surface area contributed by atoms with E-state index >= 15 is 0 Å². The van der Waals surface area contributed by atoms with E-state index in [1.54, 1.807) is 0 Å². The van der Waals surface area contributed by atoms with Crippen molar-refractivity contribution in [1.29, 1.82) is 0 Å². The van der Waals surface area contributed by atoms with Gasteiger partial charge >= 0.3 is 0 Å². The zero-order chi connectivity index (χ0) is 12.0. The molecule has 0 saturated heterocycles. The lowest BCUT2D eigenvalue weighted by atomic mass is 10.0. The molecule has 1 rings (SSSR count). The van der Waals surface area contributed by atoms with E-state index < -0.39 is 0 Å². The lowest BCUT2D eigenvalue weighted by molar-refractivity contribution is -0.108. The molecule has 0 aliphatic heterocycles. The zero-order valence-electron chi connectivity index (χ0n) is 10.4. The van der Waals surface area contributed by atoms with Gasteiger partial charge in [0.1, 0.15) is 6.29 Å². The molecule has 1 aromatic carbocycles. The highest BCUT2D eigenvalue weighted by Crippen LogP contribution is 2.14. The van der Waals surface area contributed by atoms with Gasteiger partial charge in [-0.05, 0) is 30.5 Å². The van der Waals surface area contributed by atoms with Crippen LogP contribution in [0.3, 0.4) is 0 Å². The number of aldehydes is 1. The maximum absolute atomic E-state index is 10.3. The van der Waals surface area contributed by atoms with Crippen LogP contribution in [-0.2, 0) is 11.2 Å². The molecule has 0 saturated carbocycles. The topological polar surface area (TPSA) is 20.3 Å². The normalized spacial score (nSPS) is 11.1. The van der Waals surface area contributed by atoms with Crippen LogP contribution in [0.25, 0.3) is 0 Å². The van der Waals surface area contributed by atoms with Crippen molar-refractivity contribution in [3.8, 4) is 0 Å². The number of carbonyl (C=O) groups excluding carboxylic acids is 1. The van der Waals surface area contributed by atoms with Gasteiger partial charge in [0, 0.05) is 6.54 Å². The van der Waals surface area contributed by atoms with Crippen LogP contribution in [0.5, 0.6) is 0 Å². The van der Waals surface area contributed by atoms with Gasteiger partial charge in [0.25, 0.3) is 0 Å². The molecule has 0 unspecified atom stereocenters.